The number of likely N-dealkylation sites (tertiary alicyclic amines) is 1. The molecule has 1 atom stereocenters. The zero-order valence-electron chi connectivity index (χ0n) is 13.5. The van der Waals surface area contributed by atoms with Gasteiger partial charge in [-0.1, -0.05) is 18.2 Å². The lowest BCUT2D eigenvalue weighted by Gasteiger charge is -2.36. The van der Waals surface area contributed by atoms with Crippen LogP contribution in [0, 0.1) is 6.92 Å². The first-order valence-corrected chi connectivity index (χ1v) is 8.20. The maximum Gasteiger partial charge on any atom is 0.0572 e. The molecule has 0 saturated carbocycles. The van der Waals surface area contributed by atoms with Gasteiger partial charge in [0, 0.05) is 37.1 Å². The number of aromatic nitrogens is 1. The average Bonchev–Trinajstić information content (AvgIpc) is 2.56. The fourth-order valence-electron chi connectivity index (χ4n) is 3.21. The van der Waals surface area contributed by atoms with Gasteiger partial charge in [0.2, 0.25) is 0 Å². The Labute approximate surface area is 133 Å². The number of nitrogens with zero attached hydrogens (tertiary/aromatic N) is 2. The predicted molar refractivity (Wildman–Crippen MR) is 92.0 cm³/mol. The highest BCUT2D eigenvalue weighted by Gasteiger charge is 2.23. The van der Waals surface area contributed by atoms with Gasteiger partial charge in [0.15, 0.2) is 0 Å². The number of anilines is 1. The van der Waals surface area contributed by atoms with Crippen LogP contribution in [-0.2, 0) is 0 Å². The summed E-state index contributed by atoms with van der Waals surface area (Å²) >= 11 is 0. The molecule has 3 rings (SSSR count). The van der Waals surface area contributed by atoms with Crippen molar-refractivity contribution in [2.45, 2.75) is 38.8 Å². The molecular weight excluding hydrogens is 270 g/mol. The van der Waals surface area contributed by atoms with Crippen molar-refractivity contribution >= 4 is 5.69 Å². The number of pyridine rings is 1. The van der Waals surface area contributed by atoms with Crippen LogP contribution >= 0.6 is 0 Å². The average molecular weight is 295 g/mol. The van der Waals surface area contributed by atoms with Gasteiger partial charge in [-0.25, -0.2) is 0 Å². The maximum absolute atomic E-state index is 4.49. The second-order valence-corrected chi connectivity index (χ2v) is 6.25. The van der Waals surface area contributed by atoms with Crippen LogP contribution in [0.1, 0.15) is 37.1 Å². The SMILES string of the molecule is Cc1cccc(NC2CCN([C@H](C)c3ccccn3)CC2)c1. The fraction of sp³-hybridized carbons (Fsp3) is 0.421. The molecule has 0 radical (unpaired) electrons. The molecule has 22 heavy (non-hydrogen) atoms. The highest BCUT2D eigenvalue weighted by atomic mass is 15.2. The van der Waals surface area contributed by atoms with Gasteiger partial charge in [0.1, 0.15) is 0 Å². The molecule has 1 aromatic carbocycles. The van der Waals surface area contributed by atoms with Crippen molar-refractivity contribution < 1.29 is 0 Å². The molecule has 1 saturated heterocycles. The lowest BCUT2D eigenvalue weighted by Crippen LogP contribution is -2.40. The van der Waals surface area contributed by atoms with E-state index in [0.717, 1.165) is 13.1 Å². The minimum absolute atomic E-state index is 0.404. The van der Waals surface area contributed by atoms with Crippen molar-refractivity contribution in [3.63, 3.8) is 0 Å². The summed E-state index contributed by atoms with van der Waals surface area (Å²) < 4.78 is 0. The smallest absolute Gasteiger partial charge is 0.0572 e. The van der Waals surface area contributed by atoms with Gasteiger partial charge in [-0.2, -0.15) is 0 Å². The first-order chi connectivity index (χ1) is 10.7. The van der Waals surface area contributed by atoms with Crippen molar-refractivity contribution in [2.24, 2.45) is 0 Å². The van der Waals surface area contributed by atoms with E-state index in [9.17, 15) is 0 Å². The quantitative estimate of drug-likeness (QED) is 0.923. The van der Waals surface area contributed by atoms with Crippen molar-refractivity contribution in [1.82, 2.24) is 9.88 Å². The van der Waals surface area contributed by atoms with E-state index in [0.29, 0.717) is 12.1 Å². The Morgan fingerprint density at radius 3 is 2.64 bits per heavy atom. The van der Waals surface area contributed by atoms with E-state index in [-0.39, 0.29) is 0 Å². The topological polar surface area (TPSA) is 28.2 Å². The van der Waals surface area contributed by atoms with Crippen molar-refractivity contribution in [3.8, 4) is 0 Å². The number of hydrogen-bond donors (Lipinski definition) is 1. The molecular formula is C19H25N3. The number of piperidine rings is 1. The first kappa shape index (κ1) is 15.0. The van der Waals surface area contributed by atoms with Crippen LogP contribution in [0.2, 0.25) is 0 Å². The summed E-state index contributed by atoms with van der Waals surface area (Å²) in [5.74, 6) is 0. The van der Waals surface area contributed by atoms with E-state index in [1.165, 1.54) is 29.8 Å². The molecule has 2 aromatic rings. The van der Waals surface area contributed by atoms with Gasteiger partial charge >= 0.3 is 0 Å². The second-order valence-electron chi connectivity index (χ2n) is 6.25. The number of nitrogens with one attached hydrogen (secondary N) is 1. The third kappa shape index (κ3) is 3.66. The van der Waals surface area contributed by atoms with Gasteiger partial charge in [0.25, 0.3) is 0 Å². The van der Waals surface area contributed by atoms with Gasteiger partial charge in [-0.15, -0.1) is 0 Å². The number of benzene rings is 1. The Hall–Kier alpha value is -1.87. The molecule has 3 heteroatoms. The van der Waals surface area contributed by atoms with Crippen LogP contribution < -0.4 is 5.32 Å². The highest BCUT2D eigenvalue weighted by molar-refractivity contribution is 5.46. The summed E-state index contributed by atoms with van der Waals surface area (Å²) in [6.07, 6.45) is 4.26. The van der Waals surface area contributed by atoms with E-state index < -0.39 is 0 Å². The first-order valence-electron chi connectivity index (χ1n) is 8.20. The van der Waals surface area contributed by atoms with E-state index >= 15 is 0 Å². The van der Waals surface area contributed by atoms with Crippen molar-refractivity contribution in [3.05, 3.63) is 59.9 Å². The zero-order valence-corrected chi connectivity index (χ0v) is 13.5. The zero-order chi connectivity index (χ0) is 15.4. The minimum atomic E-state index is 0.404. The molecule has 0 amide bonds. The summed E-state index contributed by atoms with van der Waals surface area (Å²) in [5, 5.41) is 3.68. The minimum Gasteiger partial charge on any atom is -0.382 e. The van der Waals surface area contributed by atoms with Gasteiger partial charge in [-0.05, 0) is 56.5 Å². The van der Waals surface area contributed by atoms with E-state index in [1.807, 2.05) is 12.3 Å². The summed E-state index contributed by atoms with van der Waals surface area (Å²) in [6, 6.07) is 15.8. The Morgan fingerprint density at radius 2 is 1.95 bits per heavy atom. The van der Waals surface area contributed by atoms with E-state index in [4.69, 9.17) is 0 Å². The highest BCUT2D eigenvalue weighted by Crippen LogP contribution is 2.24. The lowest BCUT2D eigenvalue weighted by atomic mass is 10.0. The molecule has 1 aromatic heterocycles. The van der Waals surface area contributed by atoms with Gasteiger partial charge < -0.3 is 5.32 Å². The molecule has 0 unspecified atom stereocenters. The van der Waals surface area contributed by atoms with Crippen LogP contribution in [0.25, 0.3) is 0 Å². The van der Waals surface area contributed by atoms with Crippen LogP contribution in [0.5, 0.6) is 0 Å². The Kier molecular flexibility index (Phi) is 4.74. The third-order valence-corrected chi connectivity index (χ3v) is 4.58. The Morgan fingerprint density at radius 1 is 1.14 bits per heavy atom. The molecule has 1 aliphatic heterocycles. The third-order valence-electron chi connectivity index (χ3n) is 4.58. The molecule has 3 nitrogen and oxygen atoms in total. The van der Waals surface area contributed by atoms with Crippen LogP contribution in [0.3, 0.4) is 0 Å². The van der Waals surface area contributed by atoms with Crippen molar-refractivity contribution in [1.29, 1.82) is 0 Å². The predicted octanol–water partition coefficient (Wildman–Crippen LogP) is 4.03. The normalized spacial score (nSPS) is 18.1. The van der Waals surface area contributed by atoms with Gasteiger partial charge in [0.05, 0.1) is 5.69 Å². The molecule has 2 heterocycles. The summed E-state index contributed by atoms with van der Waals surface area (Å²) in [7, 11) is 0. The van der Waals surface area contributed by atoms with E-state index in [1.54, 1.807) is 0 Å². The van der Waals surface area contributed by atoms with Crippen LogP contribution in [0.15, 0.2) is 48.7 Å². The van der Waals surface area contributed by atoms with Crippen LogP contribution in [0.4, 0.5) is 5.69 Å². The molecule has 1 fully saturated rings. The second kappa shape index (κ2) is 6.93. The van der Waals surface area contributed by atoms with E-state index in [2.05, 4.69) is 65.4 Å². The summed E-state index contributed by atoms with van der Waals surface area (Å²) in [4.78, 5) is 7.03. The standard InChI is InChI=1S/C19H25N3/c1-15-6-5-7-18(14-15)21-17-9-12-22(13-10-17)16(2)19-8-3-4-11-20-19/h3-8,11,14,16-17,21H,9-10,12-13H2,1-2H3/t16-/m1/s1. The molecule has 116 valence electrons. The number of hydrogen-bond acceptors (Lipinski definition) is 3. The monoisotopic (exact) mass is 295 g/mol. The molecule has 0 bridgehead atoms. The Bertz CT molecular complexity index is 589. The lowest BCUT2D eigenvalue weighted by molar-refractivity contribution is 0.165. The van der Waals surface area contributed by atoms with Gasteiger partial charge in [-0.3, -0.25) is 9.88 Å². The maximum atomic E-state index is 4.49. The molecule has 1 aliphatic rings. The Balaban J connectivity index is 1.54. The largest absolute Gasteiger partial charge is 0.382 e. The summed E-state index contributed by atoms with van der Waals surface area (Å²) in [5.41, 5.74) is 3.73. The number of rotatable bonds is 4. The van der Waals surface area contributed by atoms with Crippen LogP contribution in [-0.4, -0.2) is 29.0 Å². The summed E-state index contributed by atoms with van der Waals surface area (Å²) in [6.45, 7) is 6.65. The molecule has 0 aliphatic carbocycles. The number of aryl methyl sites for hydroxylation is 1. The molecule has 0 spiro atoms. The molecule has 1 N–H and O–H groups in total. The van der Waals surface area contributed by atoms with Crippen molar-refractivity contribution in [2.75, 3.05) is 18.4 Å². The fourth-order valence-corrected chi connectivity index (χ4v) is 3.21.